The van der Waals surface area contributed by atoms with Crippen molar-refractivity contribution in [3.05, 3.63) is 45.4 Å². The van der Waals surface area contributed by atoms with Crippen LogP contribution < -0.4 is 5.32 Å². The van der Waals surface area contributed by atoms with Gasteiger partial charge >= 0.3 is 0 Å². The lowest BCUT2D eigenvalue weighted by Crippen LogP contribution is -2.13. The number of carbonyl (C=O) groups excluding carboxylic acids is 1. The third-order valence-corrected chi connectivity index (χ3v) is 3.40. The highest BCUT2D eigenvalue weighted by molar-refractivity contribution is 6.34. The van der Waals surface area contributed by atoms with Crippen LogP contribution in [0.5, 0.6) is 0 Å². The maximum absolute atomic E-state index is 13.0. The first-order chi connectivity index (χ1) is 8.90. The fraction of sp³-hybridized carbons (Fsp3) is 0.167. The second-order valence-corrected chi connectivity index (χ2v) is 4.74. The molecule has 1 heterocycles. The number of hydrogen-bond acceptors (Lipinski definition) is 2. The number of hydrogen-bond donors (Lipinski definition) is 1. The van der Waals surface area contributed by atoms with Gasteiger partial charge in [0.15, 0.2) is 5.69 Å². The summed E-state index contributed by atoms with van der Waals surface area (Å²) >= 11 is 11.6. The molecule has 1 aromatic carbocycles. The molecule has 0 aliphatic heterocycles. The second-order valence-electron chi connectivity index (χ2n) is 3.95. The van der Waals surface area contributed by atoms with Crippen LogP contribution in [0, 0.1) is 12.7 Å². The van der Waals surface area contributed by atoms with Crippen LogP contribution in [0.4, 0.5) is 10.1 Å². The van der Waals surface area contributed by atoms with Crippen molar-refractivity contribution >= 4 is 34.8 Å². The molecule has 1 aromatic heterocycles. The Kier molecular flexibility index (Phi) is 3.78. The molecule has 0 atom stereocenters. The number of benzene rings is 1. The smallest absolute Gasteiger partial charge is 0.277 e. The molecule has 1 N–H and O–H groups in total. The van der Waals surface area contributed by atoms with Crippen molar-refractivity contribution in [2.45, 2.75) is 6.92 Å². The van der Waals surface area contributed by atoms with E-state index in [4.69, 9.17) is 23.2 Å². The van der Waals surface area contributed by atoms with Gasteiger partial charge in [-0.3, -0.25) is 9.48 Å². The molecule has 0 saturated heterocycles. The van der Waals surface area contributed by atoms with Crippen LogP contribution in [0.25, 0.3) is 0 Å². The van der Waals surface area contributed by atoms with Crippen molar-refractivity contribution in [3.8, 4) is 0 Å². The molecule has 2 aromatic rings. The summed E-state index contributed by atoms with van der Waals surface area (Å²) in [6.07, 6.45) is 0. The molecule has 0 aliphatic rings. The van der Waals surface area contributed by atoms with Gasteiger partial charge in [0.2, 0.25) is 0 Å². The SMILES string of the molecule is Cc1c(Cl)c(C(=O)Nc2ccc(F)c(Cl)c2)nn1C. The maximum atomic E-state index is 13.0. The molecule has 1 amide bonds. The number of nitrogens with one attached hydrogen (secondary N) is 1. The monoisotopic (exact) mass is 301 g/mol. The van der Waals surface area contributed by atoms with Crippen LogP contribution >= 0.6 is 23.2 Å². The summed E-state index contributed by atoms with van der Waals surface area (Å²) in [7, 11) is 1.69. The minimum absolute atomic E-state index is 0.0684. The Morgan fingerprint density at radius 2 is 2.11 bits per heavy atom. The van der Waals surface area contributed by atoms with Crippen LogP contribution in [0.2, 0.25) is 10.0 Å². The molecule has 0 spiro atoms. The van der Waals surface area contributed by atoms with E-state index in [9.17, 15) is 9.18 Å². The zero-order chi connectivity index (χ0) is 14.2. The molecule has 0 radical (unpaired) electrons. The van der Waals surface area contributed by atoms with E-state index < -0.39 is 11.7 Å². The molecule has 2 rings (SSSR count). The summed E-state index contributed by atoms with van der Waals surface area (Å²) in [5, 5.41) is 6.79. The minimum atomic E-state index is -0.550. The van der Waals surface area contributed by atoms with Crippen molar-refractivity contribution in [1.82, 2.24) is 9.78 Å². The highest BCUT2D eigenvalue weighted by Gasteiger charge is 2.18. The summed E-state index contributed by atoms with van der Waals surface area (Å²) in [5.41, 5.74) is 1.17. The summed E-state index contributed by atoms with van der Waals surface area (Å²) in [6.45, 7) is 1.75. The first-order valence-electron chi connectivity index (χ1n) is 5.35. The van der Waals surface area contributed by atoms with E-state index >= 15 is 0 Å². The average molecular weight is 302 g/mol. The third-order valence-electron chi connectivity index (χ3n) is 2.65. The zero-order valence-electron chi connectivity index (χ0n) is 10.2. The van der Waals surface area contributed by atoms with Gasteiger partial charge in [-0.05, 0) is 25.1 Å². The molecule has 7 heteroatoms. The van der Waals surface area contributed by atoms with Crippen LogP contribution in [0.3, 0.4) is 0 Å². The van der Waals surface area contributed by atoms with E-state index in [1.807, 2.05) is 0 Å². The van der Waals surface area contributed by atoms with Crippen molar-refractivity contribution in [2.75, 3.05) is 5.32 Å². The van der Waals surface area contributed by atoms with Gasteiger partial charge in [-0.25, -0.2) is 4.39 Å². The van der Waals surface area contributed by atoms with Crippen LogP contribution in [0.1, 0.15) is 16.2 Å². The molecule has 0 bridgehead atoms. The molecular weight excluding hydrogens is 292 g/mol. The van der Waals surface area contributed by atoms with Gasteiger partial charge in [0, 0.05) is 12.7 Å². The second kappa shape index (κ2) is 5.19. The summed E-state index contributed by atoms with van der Waals surface area (Å²) in [4.78, 5) is 12.0. The van der Waals surface area contributed by atoms with E-state index in [2.05, 4.69) is 10.4 Å². The first kappa shape index (κ1) is 13.8. The van der Waals surface area contributed by atoms with Gasteiger partial charge in [0.25, 0.3) is 5.91 Å². The van der Waals surface area contributed by atoms with Gasteiger partial charge in [-0.15, -0.1) is 0 Å². The number of anilines is 1. The Bertz CT molecular complexity index is 655. The fourth-order valence-electron chi connectivity index (χ4n) is 1.49. The Balaban J connectivity index is 2.25. The Morgan fingerprint density at radius 3 is 2.63 bits per heavy atom. The molecule has 4 nitrogen and oxygen atoms in total. The number of rotatable bonds is 2. The maximum Gasteiger partial charge on any atom is 0.277 e. The lowest BCUT2D eigenvalue weighted by Gasteiger charge is -2.04. The highest BCUT2D eigenvalue weighted by atomic mass is 35.5. The number of carbonyl (C=O) groups is 1. The molecule has 0 saturated carbocycles. The number of aryl methyl sites for hydroxylation is 1. The first-order valence-corrected chi connectivity index (χ1v) is 6.11. The molecule has 0 aliphatic carbocycles. The highest BCUT2D eigenvalue weighted by Crippen LogP contribution is 2.22. The van der Waals surface area contributed by atoms with Crippen molar-refractivity contribution < 1.29 is 9.18 Å². The Morgan fingerprint density at radius 1 is 1.42 bits per heavy atom. The summed E-state index contributed by atoms with van der Waals surface area (Å²) in [5.74, 6) is -1.03. The standard InChI is InChI=1S/C12H10Cl2FN3O/c1-6-10(14)11(17-18(6)2)12(19)16-7-3-4-9(15)8(13)5-7/h3-5H,1-2H3,(H,16,19). The molecule has 0 unspecified atom stereocenters. The Hall–Kier alpha value is -1.59. The van der Waals surface area contributed by atoms with Gasteiger partial charge in [0.1, 0.15) is 5.82 Å². The quantitative estimate of drug-likeness (QED) is 0.924. The molecule has 100 valence electrons. The topological polar surface area (TPSA) is 46.9 Å². The van der Waals surface area contributed by atoms with Gasteiger partial charge in [-0.1, -0.05) is 23.2 Å². The number of halogens is 3. The summed E-state index contributed by atoms with van der Waals surface area (Å²) in [6, 6.07) is 3.89. The van der Waals surface area contributed by atoms with Crippen molar-refractivity contribution in [3.63, 3.8) is 0 Å². The van der Waals surface area contributed by atoms with Gasteiger partial charge in [-0.2, -0.15) is 5.10 Å². The normalized spacial score (nSPS) is 10.6. The van der Waals surface area contributed by atoms with Gasteiger partial charge < -0.3 is 5.32 Å². The minimum Gasteiger partial charge on any atom is -0.320 e. The van der Waals surface area contributed by atoms with Crippen LogP contribution in [-0.2, 0) is 7.05 Å². The third kappa shape index (κ3) is 2.72. The fourth-order valence-corrected chi connectivity index (χ4v) is 1.92. The van der Waals surface area contributed by atoms with Gasteiger partial charge in [0.05, 0.1) is 15.7 Å². The number of nitrogens with zero attached hydrogens (tertiary/aromatic N) is 2. The molecule has 0 fully saturated rings. The van der Waals surface area contributed by atoms with E-state index in [0.717, 1.165) is 0 Å². The van der Waals surface area contributed by atoms with E-state index in [0.29, 0.717) is 11.4 Å². The van der Waals surface area contributed by atoms with E-state index in [1.54, 1.807) is 14.0 Å². The van der Waals surface area contributed by atoms with Crippen molar-refractivity contribution in [1.29, 1.82) is 0 Å². The van der Waals surface area contributed by atoms with Crippen LogP contribution in [-0.4, -0.2) is 15.7 Å². The lowest BCUT2D eigenvalue weighted by atomic mass is 10.3. The zero-order valence-corrected chi connectivity index (χ0v) is 11.7. The van der Waals surface area contributed by atoms with Crippen molar-refractivity contribution in [2.24, 2.45) is 7.05 Å². The molecular formula is C12H10Cl2FN3O. The average Bonchev–Trinajstić information content (AvgIpc) is 2.62. The Labute approximate surface area is 119 Å². The summed E-state index contributed by atoms with van der Waals surface area (Å²) < 4.78 is 14.5. The number of aromatic nitrogens is 2. The predicted octanol–water partition coefficient (Wildman–Crippen LogP) is 3.43. The molecule has 19 heavy (non-hydrogen) atoms. The van der Waals surface area contributed by atoms with E-state index in [1.165, 1.54) is 22.9 Å². The van der Waals surface area contributed by atoms with E-state index in [-0.39, 0.29) is 15.7 Å². The predicted molar refractivity (Wildman–Crippen MR) is 72.3 cm³/mol. The lowest BCUT2D eigenvalue weighted by molar-refractivity contribution is 0.102. The van der Waals surface area contributed by atoms with Crippen LogP contribution in [0.15, 0.2) is 18.2 Å². The largest absolute Gasteiger partial charge is 0.320 e. The number of amides is 1.